The van der Waals surface area contributed by atoms with Crippen molar-refractivity contribution < 1.29 is 17.9 Å². The van der Waals surface area contributed by atoms with Crippen molar-refractivity contribution >= 4 is 15.7 Å². The van der Waals surface area contributed by atoms with Crippen LogP contribution in [0.25, 0.3) is 0 Å². The van der Waals surface area contributed by atoms with Gasteiger partial charge in [-0.1, -0.05) is 6.07 Å². The summed E-state index contributed by atoms with van der Waals surface area (Å²) >= 11 is 0. The molecule has 0 spiro atoms. The average Bonchev–Trinajstić information content (AvgIpc) is 2.46. The van der Waals surface area contributed by atoms with Gasteiger partial charge in [-0.25, -0.2) is 13.1 Å². The average molecular weight is 314 g/mol. The summed E-state index contributed by atoms with van der Waals surface area (Å²) in [5.74, 6) is 0. The van der Waals surface area contributed by atoms with Gasteiger partial charge in [0.1, 0.15) is 6.10 Å². The van der Waals surface area contributed by atoms with E-state index in [4.69, 9.17) is 9.47 Å². The molecule has 2 N–H and O–H groups in total. The number of rotatable bonds is 7. The van der Waals surface area contributed by atoms with Gasteiger partial charge in [-0.15, -0.1) is 0 Å². The van der Waals surface area contributed by atoms with E-state index in [1.807, 2.05) is 13.0 Å². The highest BCUT2D eigenvalue weighted by molar-refractivity contribution is 7.89. The molecular formula is C14H22N2O4S. The molecule has 3 atom stereocenters. The first-order valence-electron chi connectivity index (χ1n) is 6.96. The van der Waals surface area contributed by atoms with Crippen LogP contribution >= 0.6 is 0 Å². The minimum absolute atomic E-state index is 0.0190. The summed E-state index contributed by atoms with van der Waals surface area (Å²) in [6.45, 7) is 2.62. The van der Waals surface area contributed by atoms with Crippen molar-refractivity contribution in [3.05, 3.63) is 24.3 Å². The monoisotopic (exact) mass is 314 g/mol. The van der Waals surface area contributed by atoms with Crippen LogP contribution in [0.2, 0.25) is 0 Å². The van der Waals surface area contributed by atoms with E-state index in [2.05, 4.69) is 10.0 Å². The Morgan fingerprint density at radius 3 is 2.76 bits per heavy atom. The molecule has 0 saturated heterocycles. The minimum atomic E-state index is -3.43. The van der Waals surface area contributed by atoms with Gasteiger partial charge in [0.25, 0.3) is 0 Å². The number of benzene rings is 1. The molecule has 118 valence electrons. The Morgan fingerprint density at radius 1 is 1.38 bits per heavy atom. The second-order valence-corrected chi connectivity index (χ2v) is 6.80. The van der Waals surface area contributed by atoms with Crippen molar-refractivity contribution in [2.24, 2.45) is 0 Å². The van der Waals surface area contributed by atoms with E-state index < -0.39 is 10.0 Å². The number of nitrogens with one attached hydrogen (secondary N) is 2. The lowest BCUT2D eigenvalue weighted by atomic mass is 9.85. The van der Waals surface area contributed by atoms with Gasteiger partial charge in [0.15, 0.2) is 0 Å². The highest BCUT2D eigenvalue weighted by atomic mass is 32.2. The number of hydrogen-bond acceptors (Lipinski definition) is 5. The Kier molecular flexibility index (Phi) is 5.21. The molecule has 1 aromatic carbocycles. The van der Waals surface area contributed by atoms with Crippen LogP contribution in [0.4, 0.5) is 5.69 Å². The Morgan fingerprint density at radius 2 is 2.14 bits per heavy atom. The second-order valence-electron chi connectivity index (χ2n) is 4.92. The van der Waals surface area contributed by atoms with Crippen molar-refractivity contribution in [3.8, 4) is 0 Å². The van der Waals surface area contributed by atoms with Crippen molar-refractivity contribution in [2.75, 3.05) is 26.1 Å². The van der Waals surface area contributed by atoms with Crippen LogP contribution in [-0.2, 0) is 19.5 Å². The maximum absolute atomic E-state index is 11.8. The summed E-state index contributed by atoms with van der Waals surface area (Å²) < 4.78 is 36.9. The van der Waals surface area contributed by atoms with E-state index in [1.54, 1.807) is 25.3 Å². The zero-order chi connectivity index (χ0) is 15.5. The van der Waals surface area contributed by atoms with E-state index in [0.29, 0.717) is 6.61 Å². The molecule has 21 heavy (non-hydrogen) atoms. The molecule has 0 radical (unpaired) electrons. The van der Waals surface area contributed by atoms with Crippen molar-refractivity contribution in [1.29, 1.82) is 0 Å². The molecule has 1 aliphatic carbocycles. The SMILES string of the molecule is CCOC1CC(Nc2cccc(S(=O)(=O)NC)c2)C1OC. The normalized spacial score (nSPS) is 25.4. The van der Waals surface area contributed by atoms with E-state index in [9.17, 15) is 8.42 Å². The fraction of sp³-hybridized carbons (Fsp3) is 0.571. The van der Waals surface area contributed by atoms with Gasteiger partial charge < -0.3 is 14.8 Å². The quantitative estimate of drug-likeness (QED) is 0.791. The standard InChI is InChI=1S/C14H22N2O4S/c1-4-20-13-9-12(14(13)19-3)16-10-6-5-7-11(8-10)21(17,18)15-2/h5-8,12-16H,4,9H2,1-3H3. The third kappa shape index (κ3) is 3.55. The molecule has 1 saturated carbocycles. The van der Waals surface area contributed by atoms with Crippen molar-refractivity contribution in [3.63, 3.8) is 0 Å². The number of sulfonamides is 1. The molecule has 3 unspecified atom stereocenters. The maximum atomic E-state index is 11.8. The first-order valence-corrected chi connectivity index (χ1v) is 8.44. The summed E-state index contributed by atoms with van der Waals surface area (Å²) in [5.41, 5.74) is 0.758. The minimum Gasteiger partial charge on any atom is -0.379 e. The number of anilines is 1. The van der Waals surface area contributed by atoms with Gasteiger partial charge in [0.2, 0.25) is 10.0 Å². The van der Waals surface area contributed by atoms with E-state index in [-0.39, 0.29) is 23.1 Å². The van der Waals surface area contributed by atoms with Gasteiger partial charge >= 0.3 is 0 Å². The second kappa shape index (κ2) is 6.74. The lowest BCUT2D eigenvalue weighted by Gasteiger charge is -2.43. The van der Waals surface area contributed by atoms with Gasteiger partial charge in [0, 0.05) is 19.4 Å². The third-order valence-corrected chi connectivity index (χ3v) is 5.08. The molecule has 0 bridgehead atoms. The molecule has 0 heterocycles. The largest absolute Gasteiger partial charge is 0.379 e. The molecule has 1 aliphatic rings. The lowest BCUT2D eigenvalue weighted by molar-refractivity contribution is -0.118. The zero-order valence-corrected chi connectivity index (χ0v) is 13.3. The fourth-order valence-corrected chi connectivity index (χ4v) is 3.28. The van der Waals surface area contributed by atoms with Crippen LogP contribution in [0.15, 0.2) is 29.2 Å². The Balaban J connectivity index is 2.06. The topological polar surface area (TPSA) is 76.7 Å². The molecule has 0 aliphatic heterocycles. The number of hydrogen-bond donors (Lipinski definition) is 2. The first-order chi connectivity index (χ1) is 10.0. The predicted molar refractivity (Wildman–Crippen MR) is 80.9 cm³/mol. The number of methoxy groups -OCH3 is 1. The van der Waals surface area contributed by atoms with Crippen LogP contribution in [0.1, 0.15) is 13.3 Å². The molecule has 0 aromatic heterocycles. The molecular weight excluding hydrogens is 292 g/mol. The molecule has 1 fully saturated rings. The zero-order valence-electron chi connectivity index (χ0n) is 12.5. The van der Waals surface area contributed by atoms with Crippen LogP contribution in [0.3, 0.4) is 0 Å². The maximum Gasteiger partial charge on any atom is 0.240 e. The highest BCUT2D eigenvalue weighted by Crippen LogP contribution is 2.30. The van der Waals surface area contributed by atoms with Gasteiger partial charge in [-0.05, 0) is 38.6 Å². The van der Waals surface area contributed by atoms with E-state index in [1.165, 1.54) is 7.05 Å². The Labute approximate surface area is 125 Å². The van der Waals surface area contributed by atoms with Crippen LogP contribution < -0.4 is 10.0 Å². The Hall–Kier alpha value is -1.15. The lowest BCUT2D eigenvalue weighted by Crippen LogP contribution is -2.56. The molecule has 6 nitrogen and oxygen atoms in total. The van der Waals surface area contributed by atoms with E-state index in [0.717, 1.165) is 12.1 Å². The summed E-state index contributed by atoms with van der Waals surface area (Å²) in [6, 6.07) is 6.86. The smallest absolute Gasteiger partial charge is 0.240 e. The molecule has 2 rings (SSSR count). The molecule has 1 aromatic rings. The Bertz CT molecular complexity index is 576. The van der Waals surface area contributed by atoms with Gasteiger partial charge in [0.05, 0.1) is 17.0 Å². The highest BCUT2D eigenvalue weighted by Gasteiger charge is 2.42. The summed E-state index contributed by atoms with van der Waals surface area (Å²) in [7, 11) is -0.373. The first kappa shape index (κ1) is 16.2. The molecule has 0 amide bonds. The number of ether oxygens (including phenoxy) is 2. The summed E-state index contributed by atoms with van der Waals surface area (Å²) in [5, 5.41) is 3.31. The molecule has 7 heteroatoms. The third-order valence-electron chi connectivity index (χ3n) is 3.67. The van der Waals surface area contributed by atoms with Gasteiger partial charge in [-0.3, -0.25) is 0 Å². The van der Waals surface area contributed by atoms with Crippen LogP contribution in [0.5, 0.6) is 0 Å². The fourth-order valence-electron chi connectivity index (χ4n) is 2.50. The predicted octanol–water partition coefficient (Wildman–Crippen LogP) is 1.20. The summed E-state index contributed by atoms with van der Waals surface area (Å²) in [4.78, 5) is 0.240. The van der Waals surface area contributed by atoms with Gasteiger partial charge in [-0.2, -0.15) is 0 Å². The summed E-state index contributed by atoms with van der Waals surface area (Å²) in [6.07, 6.45) is 0.922. The van der Waals surface area contributed by atoms with Crippen molar-refractivity contribution in [2.45, 2.75) is 36.5 Å². The van der Waals surface area contributed by atoms with Crippen LogP contribution in [-0.4, -0.2) is 47.4 Å². The van der Waals surface area contributed by atoms with E-state index >= 15 is 0 Å². The van der Waals surface area contributed by atoms with Crippen molar-refractivity contribution in [1.82, 2.24) is 4.72 Å². The van der Waals surface area contributed by atoms with Crippen LogP contribution in [0, 0.1) is 0 Å².